The number of aromatic nitrogens is 2. The number of imidazole rings is 1. The van der Waals surface area contributed by atoms with Gasteiger partial charge in [-0.1, -0.05) is 0 Å². The van der Waals surface area contributed by atoms with E-state index in [4.69, 9.17) is 0 Å². The van der Waals surface area contributed by atoms with Crippen molar-refractivity contribution in [2.45, 2.75) is 99.8 Å². The van der Waals surface area contributed by atoms with Crippen LogP contribution in [0.4, 0.5) is 0 Å². The number of rotatable bonds is 6. The minimum absolute atomic E-state index is 0.00335. The molecule has 0 aliphatic carbocycles. The summed E-state index contributed by atoms with van der Waals surface area (Å²) in [6.07, 6.45) is 4.58. The molecule has 36 heavy (non-hydrogen) atoms. The number of hydrogen-bond acceptors (Lipinski definition) is 0. The predicted molar refractivity (Wildman–Crippen MR) is 152 cm³/mol. The Morgan fingerprint density at radius 1 is 0.611 bits per heavy atom. The van der Waals surface area contributed by atoms with Crippen LogP contribution in [-0.4, -0.2) is 9.13 Å². The fraction of sp³-hybridized carbons (Fsp3) is 0.485. The third-order valence-electron chi connectivity index (χ3n) is 6.41. The van der Waals surface area contributed by atoms with Gasteiger partial charge in [-0.3, -0.25) is 0 Å². The van der Waals surface area contributed by atoms with Gasteiger partial charge < -0.3 is 0 Å². The molecule has 1 aromatic heterocycles. The van der Waals surface area contributed by atoms with Crippen LogP contribution in [0.5, 0.6) is 0 Å². The summed E-state index contributed by atoms with van der Waals surface area (Å²) in [5.74, 6) is 5.29. The molecular weight excluding hydrogens is 621 g/mol. The van der Waals surface area contributed by atoms with Crippen molar-refractivity contribution in [2.24, 2.45) is 5.41 Å². The van der Waals surface area contributed by atoms with Crippen LogP contribution in [0.25, 0.3) is 11.4 Å². The molecule has 0 amide bonds. The number of benzene rings is 2. The molecule has 0 bridgehead atoms. The minimum atomic E-state index is -0.417. The summed E-state index contributed by atoms with van der Waals surface area (Å²) in [5, 5.41) is 0. The van der Waals surface area contributed by atoms with E-state index in [2.05, 4.69) is 144 Å². The summed E-state index contributed by atoms with van der Waals surface area (Å²) in [4.78, 5) is 0. The van der Waals surface area contributed by atoms with Gasteiger partial charge in [0.25, 0.3) is 0 Å². The molecule has 3 rings (SSSR count). The predicted octanol–water partition coefficient (Wildman–Crippen LogP) is 9.38. The van der Waals surface area contributed by atoms with Crippen molar-refractivity contribution in [2.75, 3.05) is 0 Å². The number of nitrogens with zero attached hydrogens (tertiary/aromatic N) is 2. The molecule has 3 aromatic rings. The van der Waals surface area contributed by atoms with E-state index in [1.54, 1.807) is 0 Å². The second kappa shape index (κ2) is 11.6. The first-order valence-electron chi connectivity index (χ1n) is 13.3. The first-order valence-corrected chi connectivity index (χ1v) is 15.5. The molecule has 0 spiro atoms. The molecule has 1 heterocycles. The molecule has 0 saturated heterocycles. The van der Waals surface area contributed by atoms with Crippen LogP contribution in [0.15, 0.2) is 48.8 Å². The molecule has 0 saturated carbocycles. The van der Waals surface area contributed by atoms with E-state index >= 15 is 0 Å². The van der Waals surface area contributed by atoms with Crippen molar-refractivity contribution >= 4 is 0 Å². The van der Waals surface area contributed by atoms with Crippen LogP contribution >= 0.6 is 0 Å². The molecular formula is C33H45AuN2. The quantitative estimate of drug-likeness (QED) is 0.183. The third kappa shape index (κ3) is 6.25. The standard InChI is InChI=1S/C27H36N2.C6H9.Au/c1-18(2)22-11-9-12-23(19(3)4)26(22)28-15-16-29(17-28)27-24(20(5)6)13-10-14-25(27)21(7)8;1-5-6(2,3)4;/h9-16,18-21H,1-8H3;2-4H3;. The van der Waals surface area contributed by atoms with E-state index in [0.29, 0.717) is 23.7 Å². The van der Waals surface area contributed by atoms with E-state index in [9.17, 15) is 0 Å². The Morgan fingerprint density at radius 2 is 0.944 bits per heavy atom. The normalized spacial score (nSPS) is 12.2. The Balaban J connectivity index is 2.51. The van der Waals surface area contributed by atoms with Crippen LogP contribution in [0.1, 0.15) is 122 Å². The zero-order chi connectivity index (χ0) is 26.8. The van der Waals surface area contributed by atoms with Gasteiger partial charge in [-0.15, -0.1) is 0 Å². The second-order valence-corrected chi connectivity index (χ2v) is 14.0. The SMILES string of the molecule is CC(C)c1cccc(C(C)C)c1-n1ccn(-c2c(C(C)C)cccc2C(C)C)[c]1=[Au][C]#CC(C)(C)C. The van der Waals surface area contributed by atoms with E-state index in [0.717, 1.165) is 0 Å². The summed E-state index contributed by atoms with van der Waals surface area (Å²) < 4.78 is 9.92. The maximum atomic E-state index is 3.65. The van der Waals surface area contributed by atoms with E-state index < -0.39 is 19.3 Å². The Kier molecular flexibility index (Phi) is 9.16. The third-order valence-corrected chi connectivity index (χ3v) is 8.48. The monoisotopic (exact) mass is 666 g/mol. The molecule has 0 atom stereocenters. The summed E-state index contributed by atoms with van der Waals surface area (Å²) in [6.45, 7) is 25.0. The van der Waals surface area contributed by atoms with E-state index in [-0.39, 0.29) is 5.41 Å². The van der Waals surface area contributed by atoms with Crippen molar-refractivity contribution in [1.29, 1.82) is 0 Å². The molecule has 2 nitrogen and oxygen atoms in total. The van der Waals surface area contributed by atoms with Gasteiger partial charge in [0, 0.05) is 0 Å². The van der Waals surface area contributed by atoms with Crippen LogP contribution in [0.2, 0.25) is 0 Å². The summed E-state index contributed by atoms with van der Waals surface area (Å²) in [6, 6.07) is 13.7. The molecule has 0 unspecified atom stereocenters. The van der Waals surface area contributed by atoms with E-state index in [1.165, 1.54) is 37.3 Å². The van der Waals surface area contributed by atoms with Crippen LogP contribution in [0.3, 0.4) is 0 Å². The molecule has 0 fully saturated rings. The van der Waals surface area contributed by atoms with Crippen molar-refractivity contribution in [3.05, 3.63) is 74.7 Å². The van der Waals surface area contributed by atoms with Crippen molar-refractivity contribution in [3.63, 3.8) is 0 Å². The zero-order valence-electron chi connectivity index (χ0n) is 24.1. The first kappa shape index (κ1) is 28.5. The Hall–Kier alpha value is -2.05. The molecule has 0 N–H and O–H groups in total. The van der Waals surface area contributed by atoms with Gasteiger partial charge in [0.15, 0.2) is 0 Å². The maximum absolute atomic E-state index is 3.65. The molecule has 3 heteroatoms. The van der Waals surface area contributed by atoms with Gasteiger partial charge in [0.05, 0.1) is 0 Å². The van der Waals surface area contributed by atoms with Gasteiger partial charge in [0.2, 0.25) is 0 Å². The van der Waals surface area contributed by atoms with Gasteiger partial charge in [-0.25, -0.2) is 0 Å². The van der Waals surface area contributed by atoms with Crippen LogP contribution in [-0.2, 0) is 19.3 Å². The van der Waals surface area contributed by atoms with Crippen molar-refractivity contribution in [1.82, 2.24) is 9.13 Å². The fourth-order valence-corrected chi connectivity index (χ4v) is 7.01. The Morgan fingerprint density at radius 3 is 1.22 bits per heavy atom. The topological polar surface area (TPSA) is 9.86 Å². The Labute approximate surface area is 229 Å². The molecule has 0 aliphatic rings. The van der Waals surface area contributed by atoms with E-state index in [1.807, 2.05) is 0 Å². The van der Waals surface area contributed by atoms with Crippen LogP contribution in [0, 0.1) is 19.1 Å². The summed E-state index contributed by atoms with van der Waals surface area (Å²) >= 11 is -0.417. The molecule has 0 radical (unpaired) electrons. The molecule has 198 valence electrons. The summed E-state index contributed by atoms with van der Waals surface area (Å²) in [7, 11) is 0. The fourth-order valence-electron chi connectivity index (χ4n) is 4.50. The van der Waals surface area contributed by atoms with Gasteiger partial charge in [-0.2, -0.15) is 0 Å². The van der Waals surface area contributed by atoms with Crippen LogP contribution < -0.4 is 0 Å². The van der Waals surface area contributed by atoms with Crippen molar-refractivity contribution in [3.8, 4) is 21.4 Å². The van der Waals surface area contributed by atoms with Crippen molar-refractivity contribution < 1.29 is 19.3 Å². The van der Waals surface area contributed by atoms with Gasteiger partial charge >= 0.3 is 230 Å². The number of hydrogen-bond donors (Lipinski definition) is 0. The zero-order valence-corrected chi connectivity index (χ0v) is 26.3. The molecule has 2 aromatic carbocycles. The average Bonchev–Trinajstić information content (AvgIpc) is 3.19. The summed E-state index contributed by atoms with van der Waals surface area (Å²) in [5.41, 5.74) is 8.29. The molecule has 0 aliphatic heterocycles. The van der Waals surface area contributed by atoms with Gasteiger partial charge in [0.1, 0.15) is 0 Å². The second-order valence-electron chi connectivity index (χ2n) is 12.0. The van der Waals surface area contributed by atoms with Gasteiger partial charge in [-0.05, 0) is 0 Å². The Bertz CT molecular complexity index is 1190. The average molecular weight is 667 g/mol. The first-order chi connectivity index (χ1) is 16.8. The number of para-hydroxylation sites is 2.